The first-order valence-electron chi connectivity index (χ1n) is 10.5. The number of rotatable bonds is 5. The third-order valence-corrected chi connectivity index (χ3v) is 5.63. The first-order chi connectivity index (χ1) is 13.3. The van der Waals surface area contributed by atoms with Gasteiger partial charge >= 0.3 is 6.09 Å². The van der Waals surface area contributed by atoms with Crippen LogP contribution in [0.25, 0.3) is 0 Å². The zero-order chi connectivity index (χ0) is 20.2. The predicted octanol–water partition coefficient (Wildman–Crippen LogP) is 3.73. The van der Waals surface area contributed by atoms with Crippen LogP contribution in [0.1, 0.15) is 57.7 Å². The molecule has 1 aromatic heterocycles. The van der Waals surface area contributed by atoms with E-state index in [1.54, 1.807) is 4.90 Å². The van der Waals surface area contributed by atoms with Crippen LogP contribution >= 0.6 is 0 Å². The predicted molar refractivity (Wildman–Crippen MR) is 109 cm³/mol. The molecule has 6 nitrogen and oxygen atoms in total. The van der Waals surface area contributed by atoms with E-state index in [9.17, 15) is 4.79 Å². The molecule has 0 radical (unpaired) electrons. The van der Waals surface area contributed by atoms with Crippen molar-refractivity contribution in [1.82, 2.24) is 14.8 Å². The van der Waals surface area contributed by atoms with Crippen LogP contribution in [0, 0.1) is 6.92 Å². The molecule has 0 aliphatic carbocycles. The minimum Gasteiger partial charge on any atom is -0.444 e. The van der Waals surface area contributed by atoms with E-state index in [1.165, 1.54) is 31.5 Å². The fraction of sp³-hybridized carbons (Fsp3) is 0.727. The van der Waals surface area contributed by atoms with Crippen LogP contribution in [0.2, 0.25) is 0 Å². The van der Waals surface area contributed by atoms with Crippen molar-refractivity contribution in [3.8, 4) is 0 Å². The van der Waals surface area contributed by atoms with Crippen molar-refractivity contribution in [3.63, 3.8) is 0 Å². The van der Waals surface area contributed by atoms with E-state index in [-0.39, 0.29) is 11.7 Å². The highest BCUT2D eigenvalue weighted by atomic mass is 16.6. The standard InChI is InChI=1S/C22H35N3O3/c1-18-17-19(7-10-23-18)22(27-16-15-24-11-5-6-12-24)8-13-25(14-9-22)20(26)28-21(2,3)4/h7,10,17H,5-6,8-9,11-16H2,1-4H3. The molecule has 0 aromatic carbocycles. The SMILES string of the molecule is Cc1cc(C2(OCCN3CCCC3)CCN(C(=O)OC(C)(C)C)CC2)ccn1. The Morgan fingerprint density at radius 1 is 1.18 bits per heavy atom. The third kappa shape index (κ3) is 5.45. The Morgan fingerprint density at radius 2 is 1.86 bits per heavy atom. The van der Waals surface area contributed by atoms with Gasteiger partial charge in [-0.15, -0.1) is 0 Å². The summed E-state index contributed by atoms with van der Waals surface area (Å²) in [6.07, 6.45) is 5.75. The smallest absolute Gasteiger partial charge is 0.410 e. The van der Waals surface area contributed by atoms with Crippen LogP contribution in [-0.2, 0) is 15.1 Å². The number of hydrogen-bond donors (Lipinski definition) is 0. The molecule has 28 heavy (non-hydrogen) atoms. The lowest BCUT2D eigenvalue weighted by Crippen LogP contribution is -2.48. The highest BCUT2D eigenvalue weighted by molar-refractivity contribution is 5.68. The van der Waals surface area contributed by atoms with E-state index < -0.39 is 5.60 Å². The van der Waals surface area contributed by atoms with Crippen molar-refractivity contribution in [2.75, 3.05) is 39.3 Å². The molecule has 2 aliphatic heterocycles. The van der Waals surface area contributed by atoms with Crippen molar-refractivity contribution in [2.24, 2.45) is 0 Å². The number of nitrogens with zero attached hydrogens (tertiary/aromatic N) is 3. The zero-order valence-corrected chi connectivity index (χ0v) is 17.9. The van der Waals surface area contributed by atoms with Crippen LogP contribution in [0.3, 0.4) is 0 Å². The maximum atomic E-state index is 12.4. The van der Waals surface area contributed by atoms with Crippen molar-refractivity contribution < 1.29 is 14.3 Å². The van der Waals surface area contributed by atoms with Crippen molar-refractivity contribution in [2.45, 2.75) is 64.6 Å². The molecular formula is C22H35N3O3. The number of pyridine rings is 1. The van der Waals surface area contributed by atoms with Gasteiger partial charge in [0.1, 0.15) is 5.60 Å². The summed E-state index contributed by atoms with van der Waals surface area (Å²) in [6.45, 7) is 13.0. The molecule has 2 saturated heterocycles. The lowest BCUT2D eigenvalue weighted by molar-refractivity contribution is -0.0937. The normalized spacial score (nSPS) is 20.4. The molecule has 156 valence electrons. The van der Waals surface area contributed by atoms with Gasteiger partial charge in [0.05, 0.1) is 12.2 Å². The van der Waals surface area contributed by atoms with Gasteiger partial charge in [0.15, 0.2) is 0 Å². The van der Waals surface area contributed by atoms with Crippen molar-refractivity contribution in [1.29, 1.82) is 0 Å². The second kappa shape index (κ2) is 8.78. The Morgan fingerprint density at radius 3 is 2.46 bits per heavy atom. The quantitative estimate of drug-likeness (QED) is 0.768. The summed E-state index contributed by atoms with van der Waals surface area (Å²) in [5.74, 6) is 0. The minimum absolute atomic E-state index is 0.232. The summed E-state index contributed by atoms with van der Waals surface area (Å²) < 4.78 is 12.1. The molecule has 0 bridgehead atoms. The molecule has 3 heterocycles. The Labute approximate surface area is 169 Å². The average molecular weight is 390 g/mol. The van der Waals surface area contributed by atoms with E-state index in [4.69, 9.17) is 9.47 Å². The molecule has 0 N–H and O–H groups in total. The fourth-order valence-electron chi connectivity index (χ4n) is 4.10. The summed E-state index contributed by atoms with van der Waals surface area (Å²) in [4.78, 5) is 21.1. The Hall–Kier alpha value is -1.66. The second-order valence-corrected chi connectivity index (χ2v) is 9.04. The lowest BCUT2D eigenvalue weighted by Gasteiger charge is -2.42. The van der Waals surface area contributed by atoms with Gasteiger partial charge in [0, 0.05) is 31.5 Å². The number of hydrogen-bond acceptors (Lipinski definition) is 5. The van der Waals surface area contributed by atoms with Gasteiger partial charge in [-0.2, -0.15) is 0 Å². The molecular weight excluding hydrogens is 354 g/mol. The molecule has 1 amide bonds. The number of piperidine rings is 1. The number of ether oxygens (including phenoxy) is 2. The topological polar surface area (TPSA) is 54.9 Å². The number of carbonyl (C=O) groups excluding carboxylic acids is 1. The van der Waals surface area contributed by atoms with E-state index in [0.29, 0.717) is 19.7 Å². The van der Waals surface area contributed by atoms with Gasteiger partial charge in [-0.3, -0.25) is 4.98 Å². The average Bonchev–Trinajstić information content (AvgIpc) is 3.14. The van der Waals surface area contributed by atoms with Gasteiger partial charge in [0.2, 0.25) is 0 Å². The summed E-state index contributed by atoms with van der Waals surface area (Å²) in [7, 11) is 0. The van der Waals surface area contributed by atoms with Crippen LogP contribution in [0.4, 0.5) is 4.79 Å². The highest BCUT2D eigenvalue weighted by Gasteiger charge is 2.39. The second-order valence-electron chi connectivity index (χ2n) is 9.04. The number of amides is 1. The van der Waals surface area contributed by atoms with Crippen LogP contribution in [-0.4, -0.2) is 65.8 Å². The molecule has 0 unspecified atom stereocenters. The fourth-order valence-corrected chi connectivity index (χ4v) is 4.10. The van der Waals surface area contributed by atoms with Crippen molar-refractivity contribution >= 4 is 6.09 Å². The summed E-state index contributed by atoms with van der Waals surface area (Å²) in [5, 5.41) is 0. The van der Waals surface area contributed by atoms with Gasteiger partial charge in [-0.25, -0.2) is 4.79 Å². The molecule has 6 heteroatoms. The lowest BCUT2D eigenvalue weighted by atomic mass is 9.84. The first-order valence-corrected chi connectivity index (χ1v) is 10.5. The Balaban J connectivity index is 1.67. The maximum absolute atomic E-state index is 12.4. The molecule has 0 atom stereocenters. The van der Waals surface area contributed by atoms with Gasteiger partial charge in [-0.05, 0) is 84.2 Å². The molecule has 2 aliphatic rings. The summed E-state index contributed by atoms with van der Waals surface area (Å²) >= 11 is 0. The highest BCUT2D eigenvalue weighted by Crippen LogP contribution is 2.37. The van der Waals surface area contributed by atoms with Gasteiger partial charge in [0.25, 0.3) is 0 Å². The van der Waals surface area contributed by atoms with E-state index in [1.807, 2.05) is 33.9 Å². The van der Waals surface area contributed by atoms with E-state index in [0.717, 1.165) is 25.1 Å². The monoisotopic (exact) mass is 389 g/mol. The van der Waals surface area contributed by atoms with E-state index >= 15 is 0 Å². The molecule has 2 fully saturated rings. The van der Waals surface area contributed by atoms with Crippen LogP contribution < -0.4 is 0 Å². The molecule has 1 aromatic rings. The molecule has 0 saturated carbocycles. The summed E-state index contributed by atoms with van der Waals surface area (Å²) in [5.41, 5.74) is 1.34. The first kappa shape index (κ1) is 21.1. The van der Waals surface area contributed by atoms with Crippen LogP contribution in [0.15, 0.2) is 18.3 Å². The number of aromatic nitrogens is 1. The third-order valence-electron chi connectivity index (χ3n) is 5.63. The largest absolute Gasteiger partial charge is 0.444 e. The van der Waals surface area contributed by atoms with Crippen LogP contribution in [0.5, 0.6) is 0 Å². The van der Waals surface area contributed by atoms with Crippen molar-refractivity contribution in [3.05, 3.63) is 29.6 Å². The zero-order valence-electron chi connectivity index (χ0n) is 17.9. The Bertz CT molecular complexity index is 657. The minimum atomic E-state index is -0.472. The van der Waals surface area contributed by atoms with Gasteiger partial charge < -0.3 is 19.3 Å². The van der Waals surface area contributed by atoms with Gasteiger partial charge in [-0.1, -0.05) is 0 Å². The number of carbonyl (C=O) groups is 1. The molecule has 3 rings (SSSR count). The Kier molecular flexibility index (Phi) is 6.61. The maximum Gasteiger partial charge on any atom is 0.410 e. The summed E-state index contributed by atoms with van der Waals surface area (Å²) in [6, 6.07) is 4.19. The number of aryl methyl sites for hydroxylation is 1. The van der Waals surface area contributed by atoms with E-state index in [2.05, 4.69) is 22.0 Å². The molecule has 0 spiro atoms. The number of likely N-dealkylation sites (tertiary alicyclic amines) is 2.